The summed E-state index contributed by atoms with van der Waals surface area (Å²) in [6.45, 7) is 10.1. The van der Waals surface area contributed by atoms with E-state index < -0.39 is 0 Å². The molecule has 128 valence electrons. The first-order valence-corrected chi connectivity index (χ1v) is 9.14. The third kappa shape index (κ3) is 5.35. The van der Waals surface area contributed by atoms with Gasteiger partial charge in [0.05, 0.1) is 6.61 Å². The monoisotopic (exact) mass is 317 g/mol. The van der Waals surface area contributed by atoms with Gasteiger partial charge in [-0.2, -0.15) is 0 Å². The smallest absolute Gasteiger partial charge is 0.164 e. The van der Waals surface area contributed by atoms with Crippen molar-refractivity contribution in [2.24, 2.45) is 0 Å². The van der Waals surface area contributed by atoms with E-state index >= 15 is 0 Å². The number of ketones is 1. The van der Waals surface area contributed by atoms with Gasteiger partial charge in [-0.05, 0) is 62.5 Å². The van der Waals surface area contributed by atoms with E-state index in [0.29, 0.717) is 18.9 Å². The average molecular weight is 317 g/mol. The van der Waals surface area contributed by atoms with E-state index in [1.165, 1.54) is 25.7 Å². The van der Waals surface area contributed by atoms with Gasteiger partial charge in [0.1, 0.15) is 5.75 Å². The average Bonchev–Trinajstić information content (AvgIpc) is 2.81. The standard InChI is InChI=1S/C20H31NO2/c1-4-23-17-9-10-18(19(15-17)16(2)3)20(22)11-14-21-12-7-5-6-8-13-21/h9-10,15-16H,4-8,11-14H2,1-3H3. The third-order valence-corrected chi connectivity index (χ3v) is 4.61. The molecule has 0 aromatic heterocycles. The fourth-order valence-corrected chi connectivity index (χ4v) is 3.28. The van der Waals surface area contributed by atoms with E-state index in [2.05, 4.69) is 18.7 Å². The Morgan fingerprint density at radius 3 is 2.48 bits per heavy atom. The van der Waals surface area contributed by atoms with E-state index in [9.17, 15) is 4.79 Å². The van der Waals surface area contributed by atoms with Crippen molar-refractivity contribution in [3.63, 3.8) is 0 Å². The van der Waals surface area contributed by atoms with E-state index in [0.717, 1.165) is 36.5 Å². The molecule has 1 aromatic rings. The number of nitrogens with zero attached hydrogens (tertiary/aromatic N) is 1. The zero-order valence-corrected chi connectivity index (χ0v) is 14.9. The van der Waals surface area contributed by atoms with Crippen LogP contribution in [0.5, 0.6) is 5.75 Å². The molecule has 0 aliphatic carbocycles. The van der Waals surface area contributed by atoms with Gasteiger partial charge < -0.3 is 9.64 Å². The molecule has 0 bridgehead atoms. The molecule has 0 amide bonds. The summed E-state index contributed by atoms with van der Waals surface area (Å²) in [5.74, 6) is 1.45. The van der Waals surface area contributed by atoms with Crippen molar-refractivity contribution in [3.05, 3.63) is 29.3 Å². The van der Waals surface area contributed by atoms with Crippen molar-refractivity contribution in [1.82, 2.24) is 4.90 Å². The van der Waals surface area contributed by atoms with Crippen LogP contribution in [0.1, 0.15) is 74.7 Å². The molecule has 1 aromatic carbocycles. The molecule has 3 heteroatoms. The van der Waals surface area contributed by atoms with Crippen LogP contribution in [0.25, 0.3) is 0 Å². The van der Waals surface area contributed by atoms with Gasteiger partial charge in [0.2, 0.25) is 0 Å². The maximum atomic E-state index is 12.7. The van der Waals surface area contributed by atoms with Crippen LogP contribution < -0.4 is 4.74 Å². The SMILES string of the molecule is CCOc1ccc(C(=O)CCN2CCCCCC2)c(C(C)C)c1. The van der Waals surface area contributed by atoms with Crippen LogP contribution >= 0.6 is 0 Å². The molecule has 0 spiro atoms. The fraction of sp³-hybridized carbons (Fsp3) is 0.650. The highest BCUT2D eigenvalue weighted by Crippen LogP contribution is 2.26. The molecule has 1 aliphatic rings. The molecule has 1 saturated heterocycles. The second-order valence-corrected chi connectivity index (χ2v) is 6.77. The van der Waals surface area contributed by atoms with Crippen molar-refractivity contribution in [1.29, 1.82) is 0 Å². The number of likely N-dealkylation sites (tertiary alicyclic amines) is 1. The first-order chi connectivity index (χ1) is 11.1. The zero-order chi connectivity index (χ0) is 16.7. The van der Waals surface area contributed by atoms with Crippen molar-refractivity contribution >= 4 is 5.78 Å². The Labute approximate surface area is 141 Å². The van der Waals surface area contributed by atoms with Gasteiger partial charge >= 0.3 is 0 Å². The highest BCUT2D eigenvalue weighted by molar-refractivity contribution is 5.98. The first-order valence-electron chi connectivity index (χ1n) is 9.14. The Balaban J connectivity index is 2.02. The molecule has 0 saturated carbocycles. The molecule has 0 unspecified atom stereocenters. The summed E-state index contributed by atoms with van der Waals surface area (Å²) in [4.78, 5) is 15.2. The summed E-state index contributed by atoms with van der Waals surface area (Å²) in [6, 6.07) is 5.91. The van der Waals surface area contributed by atoms with Crippen LogP contribution in [0.4, 0.5) is 0 Å². The Bertz CT molecular complexity index is 502. The number of rotatable bonds is 7. The maximum absolute atomic E-state index is 12.7. The van der Waals surface area contributed by atoms with Gasteiger partial charge in [-0.3, -0.25) is 4.79 Å². The predicted molar refractivity (Wildman–Crippen MR) is 95.6 cm³/mol. The molecular weight excluding hydrogens is 286 g/mol. The number of Topliss-reactive ketones (excluding diaryl/α,β-unsaturated/α-hetero) is 1. The molecule has 23 heavy (non-hydrogen) atoms. The molecule has 1 heterocycles. The molecule has 1 fully saturated rings. The summed E-state index contributed by atoms with van der Waals surface area (Å²) < 4.78 is 5.58. The van der Waals surface area contributed by atoms with Crippen molar-refractivity contribution in [3.8, 4) is 5.75 Å². The second kappa shape index (κ2) is 9.07. The summed E-state index contributed by atoms with van der Waals surface area (Å²) in [5.41, 5.74) is 1.98. The van der Waals surface area contributed by atoms with Gasteiger partial charge in [0.25, 0.3) is 0 Å². The van der Waals surface area contributed by atoms with Gasteiger partial charge in [0, 0.05) is 18.5 Å². The van der Waals surface area contributed by atoms with Crippen LogP contribution in [0.3, 0.4) is 0 Å². The van der Waals surface area contributed by atoms with Crippen LogP contribution in [0.2, 0.25) is 0 Å². The van der Waals surface area contributed by atoms with E-state index in [-0.39, 0.29) is 5.78 Å². The fourth-order valence-electron chi connectivity index (χ4n) is 3.28. The van der Waals surface area contributed by atoms with Gasteiger partial charge in [-0.25, -0.2) is 0 Å². The van der Waals surface area contributed by atoms with Crippen LogP contribution in [-0.2, 0) is 0 Å². The van der Waals surface area contributed by atoms with Gasteiger partial charge in [-0.15, -0.1) is 0 Å². The molecule has 2 rings (SSSR count). The summed E-state index contributed by atoms with van der Waals surface area (Å²) >= 11 is 0. The summed E-state index contributed by atoms with van der Waals surface area (Å²) in [6.07, 6.45) is 5.83. The Morgan fingerprint density at radius 2 is 1.87 bits per heavy atom. The molecule has 0 radical (unpaired) electrons. The maximum Gasteiger partial charge on any atom is 0.164 e. The molecule has 0 atom stereocenters. The number of benzene rings is 1. The zero-order valence-electron chi connectivity index (χ0n) is 14.9. The van der Waals surface area contributed by atoms with Crippen LogP contribution in [0, 0.1) is 0 Å². The molecule has 0 N–H and O–H groups in total. The summed E-state index contributed by atoms with van der Waals surface area (Å²) in [5, 5.41) is 0. The number of carbonyl (C=O) groups is 1. The molecule has 1 aliphatic heterocycles. The number of hydrogen-bond acceptors (Lipinski definition) is 3. The minimum absolute atomic E-state index is 0.265. The van der Waals surface area contributed by atoms with Crippen molar-refractivity contribution in [2.75, 3.05) is 26.2 Å². The lowest BCUT2D eigenvalue weighted by Gasteiger charge is -2.20. The highest BCUT2D eigenvalue weighted by Gasteiger charge is 2.17. The van der Waals surface area contributed by atoms with Crippen molar-refractivity contribution in [2.45, 2.75) is 58.8 Å². The van der Waals surface area contributed by atoms with E-state index in [4.69, 9.17) is 4.74 Å². The Morgan fingerprint density at radius 1 is 1.17 bits per heavy atom. The predicted octanol–water partition coefficient (Wildman–Crippen LogP) is 4.66. The summed E-state index contributed by atoms with van der Waals surface area (Å²) in [7, 11) is 0. The lowest BCUT2D eigenvalue weighted by atomic mass is 9.93. The normalized spacial score (nSPS) is 16.3. The number of hydrogen-bond donors (Lipinski definition) is 0. The highest BCUT2D eigenvalue weighted by atomic mass is 16.5. The number of carbonyl (C=O) groups excluding carboxylic acids is 1. The van der Waals surface area contributed by atoms with Gasteiger partial charge in [0.15, 0.2) is 5.78 Å². The number of ether oxygens (including phenoxy) is 1. The first kappa shape index (κ1) is 18.0. The quantitative estimate of drug-likeness (QED) is 0.685. The second-order valence-electron chi connectivity index (χ2n) is 6.77. The largest absolute Gasteiger partial charge is 0.494 e. The lowest BCUT2D eigenvalue weighted by Crippen LogP contribution is -2.27. The van der Waals surface area contributed by atoms with Crippen LogP contribution in [-0.4, -0.2) is 36.9 Å². The Hall–Kier alpha value is -1.35. The minimum atomic E-state index is 0.265. The van der Waals surface area contributed by atoms with E-state index in [1.807, 2.05) is 25.1 Å². The minimum Gasteiger partial charge on any atom is -0.494 e. The third-order valence-electron chi connectivity index (χ3n) is 4.61. The van der Waals surface area contributed by atoms with E-state index in [1.54, 1.807) is 0 Å². The van der Waals surface area contributed by atoms with Gasteiger partial charge in [-0.1, -0.05) is 26.7 Å². The van der Waals surface area contributed by atoms with Crippen molar-refractivity contribution < 1.29 is 9.53 Å². The molecule has 3 nitrogen and oxygen atoms in total. The lowest BCUT2D eigenvalue weighted by molar-refractivity contribution is 0.0963. The Kier molecular flexibility index (Phi) is 7.10. The topological polar surface area (TPSA) is 29.5 Å². The molecular formula is C20H31NO2. The van der Waals surface area contributed by atoms with Crippen LogP contribution in [0.15, 0.2) is 18.2 Å².